The Bertz CT molecular complexity index is 613. The number of rotatable bonds is 1. The third-order valence-corrected chi connectivity index (χ3v) is 2.50. The van der Waals surface area contributed by atoms with Crippen LogP contribution in [-0.2, 0) is 11.8 Å². The molecule has 0 bridgehead atoms. The molecule has 1 heterocycles. The Morgan fingerprint density at radius 3 is 2.75 bits per heavy atom. The van der Waals surface area contributed by atoms with E-state index in [4.69, 9.17) is 0 Å². The molecule has 0 radical (unpaired) electrons. The Hall–Kier alpha value is -2.10. The van der Waals surface area contributed by atoms with Crippen molar-refractivity contribution in [2.45, 2.75) is 0 Å². The van der Waals surface area contributed by atoms with Gasteiger partial charge in [-0.2, -0.15) is 0 Å². The van der Waals surface area contributed by atoms with Crippen LogP contribution >= 0.6 is 0 Å². The zero-order chi connectivity index (χ0) is 11.7. The molecule has 0 unspecified atom stereocenters. The monoisotopic (exact) mass is 217 g/mol. The molecule has 2 aromatic rings. The number of fused-ring (bicyclic) bond motifs is 1. The van der Waals surface area contributed by atoms with E-state index in [2.05, 4.69) is 4.74 Å². The second-order valence-corrected chi connectivity index (χ2v) is 3.53. The first-order valence-electron chi connectivity index (χ1n) is 4.81. The van der Waals surface area contributed by atoms with Gasteiger partial charge in [-0.15, -0.1) is 0 Å². The van der Waals surface area contributed by atoms with Gasteiger partial charge in [0.1, 0.15) is 0 Å². The van der Waals surface area contributed by atoms with Gasteiger partial charge in [-0.25, -0.2) is 4.79 Å². The van der Waals surface area contributed by atoms with Crippen molar-refractivity contribution in [2.24, 2.45) is 7.05 Å². The molecule has 0 saturated heterocycles. The first-order valence-corrected chi connectivity index (χ1v) is 4.81. The van der Waals surface area contributed by atoms with E-state index in [1.807, 2.05) is 6.07 Å². The predicted octanol–water partition coefficient (Wildman–Crippen LogP) is 1.33. The highest BCUT2D eigenvalue weighted by Crippen LogP contribution is 2.12. The highest BCUT2D eigenvalue weighted by Gasteiger charge is 2.07. The highest BCUT2D eigenvalue weighted by atomic mass is 16.5. The fourth-order valence-electron chi connectivity index (χ4n) is 1.58. The minimum absolute atomic E-state index is 0.122. The number of aromatic nitrogens is 1. The van der Waals surface area contributed by atoms with Crippen LogP contribution in [0.2, 0.25) is 0 Å². The molecule has 0 N–H and O–H groups in total. The minimum atomic E-state index is -0.437. The van der Waals surface area contributed by atoms with Crippen LogP contribution in [0.5, 0.6) is 0 Å². The number of nitrogens with zero attached hydrogens (tertiary/aromatic N) is 1. The van der Waals surface area contributed by atoms with Gasteiger partial charge in [-0.3, -0.25) is 4.79 Å². The number of methoxy groups -OCH3 is 1. The van der Waals surface area contributed by atoms with Crippen molar-refractivity contribution in [3.05, 3.63) is 46.4 Å². The number of benzene rings is 1. The van der Waals surface area contributed by atoms with Crippen molar-refractivity contribution in [3.63, 3.8) is 0 Å². The maximum Gasteiger partial charge on any atom is 0.337 e. The summed E-state index contributed by atoms with van der Waals surface area (Å²) in [5, 5.41) is 1.34. The van der Waals surface area contributed by atoms with Crippen LogP contribution in [0.15, 0.2) is 35.3 Å². The van der Waals surface area contributed by atoms with Gasteiger partial charge >= 0.3 is 5.97 Å². The maximum atomic E-state index is 11.8. The zero-order valence-electron chi connectivity index (χ0n) is 9.06. The lowest BCUT2D eigenvalue weighted by Gasteiger charge is -2.03. The van der Waals surface area contributed by atoms with Crippen LogP contribution in [0.25, 0.3) is 10.8 Å². The number of pyridine rings is 1. The number of hydrogen-bond donors (Lipinski definition) is 0. The van der Waals surface area contributed by atoms with E-state index in [-0.39, 0.29) is 5.56 Å². The molecule has 0 aliphatic heterocycles. The lowest BCUT2D eigenvalue weighted by Crippen LogP contribution is -2.16. The first kappa shape index (κ1) is 10.4. The van der Waals surface area contributed by atoms with Gasteiger partial charge in [0.25, 0.3) is 5.56 Å². The van der Waals surface area contributed by atoms with Crippen LogP contribution in [0.4, 0.5) is 0 Å². The summed E-state index contributed by atoms with van der Waals surface area (Å²) in [6, 6.07) is 6.78. The van der Waals surface area contributed by atoms with Crippen molar-refractivity contribution in [1.82, 2.24) is 4.57 Å². The Balaban J connectivity index is 2.74. The van der Waals surface area contributed by atoms with Crippen molar-refractivity contribution in [3.8, 4) is 0 Å². The van der Waals surface area contributed by atoms with E-state index in [0.29, 0.717) is 10.9 Å². The molecule has 82 valence electrons. The molecule has 1 aromatic carbocycles. The number of carbonyl (C=O) groups excluding carboxylic acids is 1. The predicted molar refractivity (Wildman–Crippen MR) is 60.5 cm³/mol. The lowest BCUT2D eigenvalue weighted by atomic mass is 10.1. The second kappa shape index (κ2) is 3.81. The molecular formula is C12H11NO3. The molecule has 0 aliphatic carbocycles. The van der Waals surface area contributed by atoms with Crippen LogP contribution in [0.1, 0.15) is 10.4 Å². The van der Waals surface area contributed by atoms with Crippen molar-refractivity contribution >= 4 is 16.7 Å². The molecule has 0 saturated carbocycles. The van der Waals surface area contributed by atoms with Gasteiger partial charge in [0, 0.05) is 18.6 Å². The summed E-state index contributed by atoms with van der Waals surface area (Å²) in [7, 11) is 2.99. The van der Waals surface area contributed by atoms with Gasteiger partial charge in [0.15, 0.2) is 0 Å². The molecular weight excluding hydrogens is 206 g/mol. The van der Waals surface area contributed by atoms with Crippen molar-refractivity contribution in [1.29, 1.82) is 0 Å². The molecule has 1 aromatic heterocycles. The molecule has 0 aliphatic rings. The molecule has 0 amide bonds. The molecule has 16 heavy (non-hydrogen) atoms. The Morgan fingerprint density at radius 1 is 1.31 bits per heavy atom. The normalized spacial score (nSPS) is 10.4. The summed E-state index contributed by atoms with van der Waals surface area (Å²) in [6.07, 6.45) is 1.70. The van der Waals surface area contributed by atoms with E-state index in [1.165, 1.54) is 11.7 Å². The summed E-state index contributed by atoms with van der Waals surface area (Å²) in [5.74, 6) is -0.437. The van der Waals surface area contributed by atoms with Gasteiger partial charge in [0.05, 0.1) is 12.7 Å². The number of esters is 1. The third-order valence-electron chi connectivity index (χ3n) is 2.50. The topological polar surface area (TPSA) is 48.3 Å². The zero-order valence-corrected chi connectivity index (χ0v) is 9.06. The van der Waals surface area contributed by atoms with E-state index in [9.17, 15) is 9.59 Å². The van der Waals surface area contributed by atoms with Gasteiger partial charge in [-0.1, -0.05) is 6.07 Å². The molecule has 2 rings (SSSR count). The standard InChI is InChI=1S/C12H11NO3/c1-13-6-5-8-3-4-9(12(15)16-2)7-10(8)11(13)14/h3-7H,1-2H3. The van der Waals surface area contributed by atoms with Crippen LogP contribution in [-0.4, -0.2) is 17.6 Å². The molecule has 0 atom stereocenters. The van der Waals surface area contributed by atoms with Gasteiger partial charge in [-0.05, 0) is 23.6 Å². The molecule has 0 spiro atoms. The second-order valence-electron chi connectivity index (χ2n) is 3.53. The largest absolute Gasteiger partial charge is 0.465 e. The average molecular weight is 217 g/mol. The van der Waals surface area contributed by atoms with Crippen LogP contribution in [0.3, 0.4) is 0 Å². The van der Waals surface area contributed by atoms with Gasteiger partial charge < -0.3 is 9.30 Å². The number of hydrogen-bond acceptors (Lipinski definition) is 3. The van der Waals surface area contributed by atoms with Crippen LogP contribution in [0, 0.1) is 0 Å². The van der Waals surface area contributed by atoms with E-state index >= 15 is 0 Å². The highest BCUT2D eigenvalue weighted by molar-refractivity contribution is 5.95. The molecule has 0 fully saturated rings. The SMILES string of the molecule is COC(=O)c1ccc2ccn(C)c(=O)c2c1. The Labute approximate surface area is 92.1 Å². The summed E-state index contributed by atoms with van der Waals surface area (Å²) in [6.45, 7) is 0. The van der Waals surface area contributed by atoms with Crippen LogP contribution < -0.4 is 5.56 Å². The fraction of sp³-hybridized carbons (Fsp3) is 0.167. The van der Waals surface area contributed by atoms with E-state index in [1.54, 1.807) is 31.4 Å². The molecule has 4 nitrogen and oxygen atoms in total. The summed E-state index contributed by atoms with van der Waals surface area (Å²) < 4.78 is 6.08. The van der Waals surface area contributed by atoms with Crippen molar-refractivity contribution < 1.29 is 9.53 Å². The fourth-order valence-corrected chi connectivity index (χ4v) is 1.58. The summed E-state index contributed by atoms with van der Waals surface area (Å²) in [4.78, 5) is 23.1. The van der Waals surface area contributed by atoms with E-state index in [0.717, 1.165) is 5.39 Å². The number of ether oxygens (including phenoxy) is 1. The maximum absolute atomic E-state index is 11.8. The summed E-state index contributed by atoms with van der Waals surface area (Å²) >= 11 is 0. The van der Waals surface area contributed by atoms with Crippen molar-refractivity contribution in [2.75, 3.05) is 7.11 Å². The third kappa shape index (κ3) is 1.58. The van der Waals surface area contributed by atoms with Gasteiger partial charge in [0.2, 0.25) is 0 Å². The summed E-state index contributed by atoms with van der Waals surface area (Å²) in [5.41, 5.74) is 0.265. The number of carbonyl (C=O) groups is 1. The van der Waals surface area contributed by atoms with E-state index < -0.39 is 5.97 Å². The Kier molecular flexibility index (Phi) is 2.48. The minimum Gasteiger partial charge on any atom is -0.465 e. The average Bonchev–Trinajstić information content (AvgIpc) is 2.32. The first-order chi connectivity index (χ1) is 7.63. The quantitative estimate of drug-likeness (QED) is 0.677. The lowest BCUT2D eigenvalue weighted by molar-refractivity contribution is 0.0601. The number of aryl methyl sites for hydroxylation is 1. The molecule has 4 heteroatoms. The smallest absolute Gasteiger partial charge is 0.337 e. The Morgan fingerprint density at radius 2 is 2.06 bits per heavy atom.